The number of furan rings is 1. The molecule has 2 heterocycles. The Morgan fingerprint density at radius 1 is 1.07 bits per heavy atom. The summed E-state index contributed by atoms with van der Waals surface area (Å²) in [6.45, 7) is 2.93. The van der Waals surface area contributed by atoms with Crippen LogP contribution in [0.1, 0.15) is 18.6 Å². The Hall–Kier alpha value is -2.95. The Balaban J connectivity index is 1.23. The minimum Gasteiger partial charge on any atom is -0.461 e. The lowest BCUT2D eigenvalue weighted by atomic mass is 10.0. The van der Waals surface area contributed by atoms with Crippen molar-refractivity contribution < 1.29 is 4.42 Å². The van der Waals surface area contributed by atoms with E-state index in [4.69, 9.17) is 4.42 Å². The van der Waals surface area contributed by atoms with Crippen LogP contribution in [-0.2, 0) is 6.42 Å². The van der Waals surface area contributed by atoms with E-state index in [0.29, 0.717) is 6.04 Å². The van der Waals surface area contributed by atoms with Gasteiger partial charge in [0.15, 0.2) is 5.96 Å². The van der Waals surface area contributed by atoms with Crippen molar-refractivity contribution in [1.29, 1.82) is 0 Å². The van der Waals surface area contributed by atoms with Gasteiger partial charge < -0.3 is 20.0 Å². The number of fused-ring (bicyclic) bond motifs is 1. The molecule has 146 valence electrons. The molecule has 0 atom stereocenters. The third kappa shape index (κ3) is 4.47. The first kappa shape index (κ1) is 18.4. The van der Waals surface area contributed by atoms with Crippen LogP contribution in [-0.4, -0.2) is 38.7 Å². The topological polar surface area (TPSA) is 52.8 Å². The van der Waals surface area contributed by atoms with Crippen molar-refractivity contribution >= 4 is 22.6 Å². The third-order valence-corrected chi connectivity index (χ3v) is 5.32. The Morgan fingerprint density at radius 3 is 2.57 bits per heavy atom. The number of benzene rings is 2. The molecule has 0 saturated carbocycles. The van der Waals surface area contributed by atoms with Gasteiger partial charge in [0, 0.05) is 50.2 Å². The van der Waals surface area contributed by atoms with Gasteiger partial charge >= 0.3 is 0 Å². The zero-order valence-corrected chi connectivity index (χ0v) is 16.4. The Bertz CT molecular complexity index is 878. The molecule has 2 N–H and O–H groups in total. The first-order valence-electron chi connectivity index (χ1n) is 10.1. The molecular formula is C23H28N4O. The number of nitrogens with zero attached hydrogens (tertiary/aromatic N) is 2. The van der Waals surface area contributed by atoms with Crippen LogP contribution in [0.2, 0.25) is 0 Å². The van der Waals surface area contributed by atoms with E-state index in [2.05, 4.69) is 63.0 Å². The second-order valence-electron chi connectivity index (χ2n) is 7.24. The normalized spacial score (nSPS) is 15.8. The lowest BCUT2D eigenvalue weighted by Crippen LogP contribution is -2.49. The van der Waals surface area contributed by atoms with Crippen molar-refractivity contribution in [1.82, 2.24) is 10.6 Å². The molecule has 0 spiro atoms. The predicted octanol–water partition coefficient (Wildman–Crippen LogP) is 3.81. The molecule has 4 rings (SSSR count). The predicted molar refractivity (Wildman–Crippen MR) is 116 cm³/mol. The minimum absolute atomic E-state index is 0.456. The van der Waals surface area contributed by atoms with Crippen molar-refractivity contribution in [3.8, 4) is 0 Å². The van der Waals surface area contributed by atoms with Crippen LogP contribution >= 0.6 is 0 Å². The second-order valence-corrected chi connectivity index (χ2v) is 7.24. The fourth-order valence-corrected chi connectivity index (χ4v) is 3.77. The van der Waals surface area contributed by atoms with Gasteiger partial charge in [-0.2, -0.15) is 0 Å². The smallest absolute Gasteiger partial charge is 0.191 e. The van der Waals surface area contributed by atoms with E-state index in [-0.39, 0.29) is 0 Å². The molecule has 0 unspecified atom stereocenters. The maximum atomic E-state index is 5.88. The van der Waals surface area contributed by atoms with Crippen LogP contribution in [0, 0.1) is 0 Å². The first-order chi connectivity index (χ1) is 13.8. The number of guanidine groups is 1. The maximum absolute atomic E-state index is 5.88. The van der Waals surface area contributed by atoms with Crippen molar-refractivity contribution in [2.45, 2.75) is 25.3 Å². The SMILES string of the molecule is CN=C(NCCc1cc2ccccc2o1)NC1CCN(c2ccccc2)CC1. The van der Waals surface area contributed by atoms with E-state index in [1.54, 1.807) is 0 Å². The number of hydrogen-bond acceptors (Lipinski definition) is 3. The molecule has 0 amide bonds. The summed E-state index contributed by atoms with van der Waals surface area (Å²) in [6.07, 6.45) is 3.06. The van der Waals surface area contributed by atoms with E-state index in [9.17, 15) is 0 Å². The zero-order valence-electron chi connectivity index (χ0n) is 16.4. The number of anilines is 1. The van der Waals surface area contributed by atoms with E-state index in [1.807, 2.05) is 25.2 Å². The van der Waals surface area contributed by atoms with Crippen LogP contribution in [0.3, 0.4) is 0 Å². The summed E-state index contributed by atoms with van der Waals surface area (Å²) in [5.74, 6) is 1.87. The van der Waals surface area contributed by atoms with Crippen molar-refractivity contribution in [2.75, 3.05) is 31.6 Å². The highest BCUT2D eigenvalue weighted by molar-refractivity contribution is 5.80. The molecule has 1 aromatic heterocycles. The van der Waals surface area contributed by atoms with Gasteiger partial charge in [0.05, 0.1) is 0 Å². The van der Waals surface area contributed by atoms with Gasteiger partial charge in [0.1, 0.15) is 11.3 Å². The Kier molecular flexibility index (Phi) is 5.80. The van der Waals surface area contributed by atoms with E-state index in [0.717, 1.165) is 61.6 Å². The molecule has 0 bridgehead atoms. The van der Waals surface area contributed by atoms with Gasteiger partial charge in [-0.05, 0) is 37.1 Å². The molecule has 28 heavy (non-hydrogen) atoms. The minimum atomic E-state index is 0.456. The van der Waals surface area contributed by atoms with Crippen molar-refractivity contribution in [3.05, 3.63) is 66.4 Å². The third-order valence-electron chi connectivity index (χ3n) is 5.32. The highest BCUT2D eigenvalue weighted by atomic mass is 16.3. The molecule has 0 radical (unpaired) electrons. The molecule has 2 aromatic carbocycles. The van der Waals surface area contributed by atoms with Crippen LogP contribution < -0.4 is 15.5 Å². The lowest BCUT2D eigenvalue weighted by Gasteiger charge is -2.34. The number of para-hydroxylation sites is 2. The van der Waals surface area contributed by atoms with Gasteiger partial charge in [-0.25, -0.2) is 0 Å². The summed E-state index contributed by atoms with van der Waals surface area (Å²) < 4.78 is 5.88. The standard InChI is InChI=1S/C23H28N4O/c1-24-23(25-14-11-21-17-18-7-5-6-10-22(18)28-21)26-19-12-15-27(16-13-19)20-8-3-2-4-9-20/h2-10,17,19H,11-16H2,1H3,(H2,24,25,26). The van der Waals surface area contributed by atoms with Crippen LogP contribution in [0.4, 0.5) is 5.69 Å². The second kappa shape index (κ2) is 8.83. The summed E-state index contributed by atoms with van der Waals surface area (Å²) in [5, 5.41) is 8.15. The lowest BCUT2D eigenvalue weighted by molar-refractivity contribution is 0.461. The highest BCUT2D eigenvalue weighted by Gasteiger charge is 2.20. The summed E-state index contributed by atoms with van der Waals surface area (Å²) in [4.78, 5) is 6.84. The molecular weight excluding hydrogens is 348 g/mol. The van der Waals surface area contributed by atoms with Crippen molar-refractivity contribution in [3.63, 3.8) is 0 Å². The summed E-state index contributed by atoms with van der Waals surface area (Å²) >= 11 is 0. The van der Waals surface area contributed by atoms with Crippen LogP contribution in [0.5, 0.6) is 0 Å². The summed E-state index contributed by atoms with van der Waals surface area (Å²) in [7, 11) is 1.83. The molecule has 1 saturated heterocycles. The molecule has 1 aliphatic heterocycles. The first-order valence-corrected chi connectivity index (χ1v) is 10.1. The molecule has 1 fully saturated rings. The number of aliphatic imine (C=N–C) groups is 1. The zero-order chi connectivity index (χ0) is 19.2. The number of piperidine rings is 1. The molecule has 3 aromatic rings. The van der Waals surface area contributed by atoms with Crippen LogP contribution in [0.25, 0.3) is 11.0 Å². The quantitative estimate of drug-likeness (QED) is 0.525. The number of hydrogen-bond donors (Lipinski definition) is 2. The molecule has 1 aliphatic rings. The van der Waals surface area contributed by atoms with Crippen molar-refractivity contribution in [2.24, 2.45) is 4.99 Å². The van der Waals surface area contributed by atoms with E-state index < -0.39 is 0 Å². The average Bonchev–Trinajstić information content (AvgIpc) is 3.17. The largest absolute Gasteiger partial charge is 0.461 e. The fraction of sp³-hybridized carbons (Fsp3) is 0.348. The monoisotopic (exact) mass is 376 g/mol. The Labute approximate surface area is 166 Å². The van der Waals surface area contributed by atoms with Crippen LogP contribution in [0.15, 0.2) is 70.1 Å². The molecule has 5 nitrogen and oxygen atoms in total. The Morgan fingerprint density at radius 2 is 1.82 bits per heavy atom. The van der Waals surface area contributed by atoms with E-state index in [1.165, 1.54) is 5.69 Å². The highest BCUT2D eigenvalue weighted by Crippen LogP contribution is 2.20. The molecule has 5 heteroatoms. The maximum Gasteiger partial charge on any atom is 0.191 e. The van der Waals surface area contributed by atoms with Gasteiger partial charge in [-0.1, -0.05) is 36.4 Å². The molecule has 0 aliphatic carbocycles. The number of rotatable bonds is 5. The summed E-state index contributed by atoms with van der Waals surface area (Å²) in [6, 6.07) is 21.4. The average molecular weight is 377 g/mol. The van der Waals surface area contributed by atoms with Gasteiger partial charge in [-0.3, -0.25) is 4.99 Å². The van der Waals surface area contributed by atoms with Gasteiger partial charge in [0.25, 0.3) is 0 Å². The fourth-order valence-electron chi connectivity index (χ4n) is 3.77. The van der Waals surface area contributed by atoms with Gasteiger partial charge in [-0.15, -0.1) is 0 Å². The van der Waals surface area contributed by atoms with Gasteiger partial charge in [0.2, 0.25) is 0 Å². The summed E-state index contributed by atoms with van der Waals surface area (Å²) in [5.41, 5.74) is 2.26. The number of nitrogens with one attached hydrogen (secondary N) is 2. The van der Waals surface area contributed by atoms with E-state index >= 15 is 0 Å².